The minimum Gasteiger partial charge on any atom is -0.389 e. The van der Waals surface area contributed by atoms with Gasteiger partial charge in [-0.2, -0.15) is 0 Å². The van der Waals surface area contributed by atoms with E-state index in [0.29, 0.717) is 29.6 Å². The Morgan fingerprint density at radius 1 is 1.35 bits per heavy atom. The van der Waals surface area contributed by atoms with E-state index in [-0.39, 0.29) is 18.6 Å². The largest absolute Gasteiger partial charge is 0.389 e. The molecule has 1 saturated heterocycles. The van der Waals surface area contributed by atoms with Crippen molar-refractivity contribution >= 4 is 16.9 Å². The van der Waals surface area contributed by atoms with Gasteiger partial charge >= 0.3 is 0 Å². The highest BCUT2D eigenvalue weighted by atomic mass is 16.5. The van der Waals surface area contributed by atoms with Gasteiger partial charge in [-0.3, -0.25) is 14.8 Å². The summed E-state index contributed by atoms with van der Waals surface area (Å²) in [5.41, 5.74) is 1.70. The number of aliphatic hydroxyl groups is 1. The summed E-state index contributed by atoms with van der Waals surface area (Å²) in [4.78, 5) is 20.7. The molecule has 2 heterocycles. The van der Waals surface area contributed by atoms with E-state index in [1.165, 1.54) is 0 Å². The monoisotopic (exact) mass is 273 g/mol. The number of benzene rings is 1. The molecule has 6 heteroatoms. The third-order valence-corrected chi connectivity index (χ3v) is 3.39. The number of hydrogen-bond donors (Lipinski definition) is 2. The van der Waals surface area contributed by atoms with E-state index in [2.05, 4.69) is 15.3 Å². The average molecular weight is 273 g/mol. The molecular formula is C14H15N3O3. The van der Waals surface area contributed by atoms with Gasteiger partial charge in [-0.15, -0.1) is 0 Å². The van der Waals surface area contributed by atoms with E-state index in [9.17, 15) is 9.90 Å². The highest BCUT2D eigenvalue weighted by Crippen LogP contribution is 2.15. The van der Waals surface area contributed by atoms with Gasteiger partial charge in [-0.05, 0) is 18.6 Å². The maximum absolute atomic E-state index is 12.3. The Hall–Kier alpha value is -2.05. The van der Waals surface area contributed by atoms with Gasteiger partial charge in [-0.25, -0.2) is 0 Å². The second-order valence-corrected chi connectivity index (χ2v) is 4.74. The van der Waals surface area contributed by atoms with Crippen molar-refractivity contribution in [3.63, 3.8) is 0 Å². The van der Waals surface area contributed by atoms with Crippen molar-refractivity contribution in [3.05, 3.63) is 36.2 Å². The van der Waals surface area contributed by atoms with E-state index in [1.54, 1.807) is 24.5 Å². The first-order chi connectivity index (χ1) is 9.75. The normalized spacial score (nSPS) is 22.6. The molecule has 6 nitrogen and oxygen atoms in total. The minimum atomic E-state index is -0.672. The number of amides is 1. The standard InChI is InChI=1S/C14H15N3O3/c18-12-8-20-7-4-10(12)17-14(19)9-2-1-3-11-13(9)16-6-5-15-11/h1-3,5-6,10,12,18H,4,7-8H2,(H,17,19)/t10-,12-/m1/s1. The second kappa shape index (κ2) is 5.52. The predicted molar refractivity (Wildman–Crippen MR) is 72.2 cm³/mol. The number of nitrogens with zero attached hydrogens (tertiary/aromatic N) is 2. The van der Waals surface area contributed by atoms with E-state index in [1.807, 2.05) is 6.07 Å². The predicted octanol–water partition coefficient (Wildman–Crippen LogP) is 0.509. The van der Waals surface area contributed by atoms with Crippen LogP contribution in [0.4, 0.5) is 0 Å². The van der Waals surface area contributed by atoms with Gasteiger partial charge in [0.05, 0.1) is 29.8 Å². The summed E-state index contributed by atoms with van der Waals surface area (Å²) < 4.78 is 5.15. The molecule has 2 atom stereocenters. The zero-order chi connectivity index (χ0) is 13.9. The van der Waals surface area contributed by atoms with Crippen molar-refractivity contribution in [1.82, 2.24) is 15.3 Å². The van der Waals surface area contributed by atoms with E-state index in [4.69, 9.17) is 4.74 Å². The molecule has 0 unspecified atom stereocenters. The fourth-order valence-corrected chi connectivity index (χ4v) is 2.31. The number of para-hydroxylation sites is 1. The molecule has 0 saturated carbocycles. The molecule has 0 spiro atoms. The Bertz CT molecular complexity index is 627. The van der Waals surface area contributed by atoms with Gasteiger partial charge < -0.3 is 15.2 Å². The molecule has 0 radical (unpaired) electrons. The summed E-state index contributed by atoms with van der Waals surface area (Å²) in [6.07, 6.45) is 3.08. The van der Waals surface area contributed by atoms with Crippen molar-refractivity contribution in [2.24, 2.45) is 0 Å². The van der Waals surface area contributed by atoms with Gasteiger partial charge in [-0.1, -0.05) is 6.07 Å². The summed E-state index contributed by atoms with van der Waals surface area (Å²) in [6, 6.07) is 5.00. The van der Waals surface area contributed by atoms with Crippen molar-refractivity contribution < 1.29 is 14.6 Å². The van der Waals surface area contributed by atoms with Crippen LogP contribution in [0.25, 0.3) is 11.0 Å². The Kier molecular flexibility index (Phi) is 3.58. The molecule has 0 aliphatic carbocycles. The lowest BCUT2D eigenvalue weighted by atomic mass is 10.1. The number of hydrogen-bond acceptors (Lipinski definition) is 5. The third-order valence-electron chi connectivity index (χ3n) is 3.39. The van der Waals surface area contributed by atoms with Crippen LogP contribution < -0.4 is 5.32 Å². The number of aliphatic hydroxyl groups excluding tert-OH is 1. The van der Waals surface area contributed by atoms with Gasteiger partial charge in [0, 0.05) is 19.0 Å². The van der Waals surface area contributed by atoms with E-state index >= 15 is 0 Å². The Balaban J connectivity index is 1.85. The van der Waals surface area contributed by atoms with Gasteiger partial charge in [0.1, 0.15) is 5.52 Å². The maximum Gasteiger partial charge on any atom is 0.253 e. The first-order valence-corrected chi connectivity index (χ1v) is 6.52. The lowest BCUT2D eigenvalue weighted by Gasteiger charge is -2.28. The summed E-state index contributed by atoms with van der Waals surface area (Å²) >= 11 is 0. The summed E-state index contributed by atoms with van der Waals surface area (Å²) in [7, 11) is 0. The zero-order valence-electron chi connectivity index (χ0n) is 10.8. The number of ether oxygens (including phenoxy) is 1. The van der Waals surface area contributed by atoms with Crippen molar-refractivity contribution in [2.45, 2.75) is 18.6 Å². The van der Waals surface area contributed by atoms with Crippen LogP contribution in [-0.4, -0.2) is 46.3 Å². The molecule has 104 valence electrons. The highest BCUT2D eigenvalue weighted by Gasteiger charge is 2.26. The molecule has 1 aliphatic heterocycles. The number of nitrogens with one attached hydrogen (secondary N) is 1. The van der Waals surface area contributed by atoms with Crippen LogP contribution in [0.1, 0.15) is 16.8 Å². The lowest BCUT2D eigenvalue weighted by Crippen LogP contribution is -2.48. The van der Waals surface area contributed by atoms with E-state index < -0.39 is 6.10 Å². The molecule has 2 aromatic rings. The SMILES string of the molecule is O=C(N[C@@H]1CCOC[C@H]1O)c1cccc2nccnc12. The van der Waals surface area contributed by atoms with Crippen LogP contribution >= 0.6 is 0 Å². The molecule has 0 bridgehead atoms. The van der Waals surface area contributed by atoms with Crippen LogP contribution in [0.3, 0.4) is 0 Å². The maximum atomic E-state index is 12.3. The first kappa shape index (κ1) is 13.0. The van der Waals surface area contributed by atoms with Gasteiger partial charge in [0.15, 0.2) is 0 Å². The van der Waals surface area contributed by atoms with Crippen molar-refractivity contribution in [1.29, 1.82) is 0 Å². The highest BCUT2D eigenvalue weighted by molar-refractivity contribution is 6.04. The molecule has 3 rings (SSSR count). The topological polar surface area (TPSA) is 84.3 Å². The van der Waals surface area contributed by atoms with Gasteiger partial charge in [0.2, 0.25) is 0 Å². The molecule has 20 heavy (non-hydrogen) atoms. The molecule has 1 aliphatic rings. The number of carbonyl (C=O) groups is 1. The van der Waals surface area contributed by atoms with Crippen molar-refractivity contribution in [3.8, 4) is 0 Å². The van der Waals surface area contributed by atoms with Crippen LogP contribution in [0.2, 0.25) is 0 Å². The summed E-state index contributed by atoms with van der Waals surface area (Å²) in [5, 5.41) is 12.7. The molecule has 2 N–H and O–H groups in total. The molecule has 1 aromatic carbocycles. The zero-order valence-corrected chi connectivity index (χ0v) is 10.8. The third kappa shape index (κ3) is 2.48. The Morgan fingerprint density at radius 2 is 2.20 bits per heavy atom. The number of aromatic nitrogens is 2. The molecule has 1 fully saturated rings. The summed E-state index contributed by atoms with van der Waals surface area (Å²) in [6.45, 7) is 0.789. The van der Waals surface area contributed by atoms with Crippen molar-refractivity contribution in [2.75, 3.05) is 13.2 Å². The summed E-state index contributed by atoms with van der Waals surface area (Å²) in [5.74, 6) is -0.248. The molecule has 1 aromatic heterocycles. The Labute approximate surface area is 115 Å². The fraction of sp³-hybridized carbons (Fsp3) is 0.357. The first-order valence-electron chi connectivity index (χ1n) is 6.52. The lowest BCUT2D eigenvalue weighted by molar-refractivity contribution is -0.0260. The minimum absolute atomic E-state index is 0.248. The van der Waals surface area contributed by atoms with Crippen LogP contribution in [0, 0.1) is 0 Å². The quantitative estimate of drug-likeness (QED) is 0.833. The van der Waals surface area contributed by atoms with E-state index in [0.717, 1.165) is 0 Å². The second-order valence-electron chi connectivity index (χ2n) is 4.74. The average Bonchev–Trinajstić information content (AvgIpc) is 2.49. The number of fused-ring (bicyclic) bond motifs is 1. The van der Waals surface area contributed by atoms with Gasteiger partial charge in [0.25, 0.3) is 5.91 Å². The Morgan fingerprint density at radius 3 is 3.05 bits per heavy atom. The van der Waals surface area contributed by atoms with Crippen LogP contribution in [-0.2, 0) is 4.74 Å². The molecular weight excluding hydrogens is 258 g/mol. The molecule has 1 amide bonds. The smallest absolute Gasteiger partial charge is 0.253 e. The number of rotatable bonds is 2. The van der Waals surface area contributed by atoms with Crippen LogP contribution in [0.5, 0.6) is 0 Å². The fourth-order valence-electron chi connectivity index (χ4n) is 2.31. The number of carbonyl (C=O) groups excluding carboxylic acids is 1. The van der Waals surface area contributed by atoms with Crippen LogP contribution in [0.15, 0.2) is 30.6 Å².